The molecule has 4 heteroatoms. The van der Waals surface area contributed by atoms with Crippen LogP contribution >= 0.6 is 0 Å². The number of esters is 1. The average molecular weight is 248 g/mol. The van der Waals surface area contributed by atoms with E-state index in [1.807, 2.05) is 30.3 Å². The van der Waals surface area contributed by atoms with Gasteiger partial charge >= 0.3 is 5.97 Å². The van der Waals surface area contributed by atoms with Crippen LogP contribution in [0.1, 0.15) is 12.5 Å². The molecule has 2 atom stereocenters. The summed E-state index contributed by atoms with van der Waals surface area (Å²) in [6.45, 7) is 2.66. The van der Waals surface area contributed by atoms with Crippen LogP contribution in [-0.2, 0) is 25.6 Å². The number of benzene rings is 1. The van der Waals surface area contributed by atoms with Crippen LogP contribution in [-0.4, -0.2) is 25.0 Å². The van der Waals surface area contributed by atoms with Crippen LogP contribution < -0.4 is 0 Å². The molecule has 0 spiro atoms. The smallest absolute Gasteiger partial charge is 0.330 e. The van der Waals surface area contributed by atoms with Crippen LogP contribution in [0.25, 0.3) is 0 Å². The molecule has 1 aliphatic rings. The van der Waals surface area contributed by atoms with Crippen molar-refractivity contribution in [1.29, 1.82) is 0 Å². The molecular weight excluding hydrogens is 232 g/mol. The number of rotatable bonds is 6. The molecule has 4 nitrogen and oxygen atoms in total. The van der Waals surface area contributed by atoms with E-state index >= 15 is 0 Å². The Morgan fingerprint density at radius 1 is 1.39 bits per heavy atom. The average Bonchev–Trinajstić information content (AvgIpc) is 3.14. The molecule has 18 heavy (non-hydrogen) atoms. The number of ether oxygens (including phenoxy) is 3. The summed E-state index contributed by atoms with van der Waals surface area (Å²) in [6, 6.07) is 9.87. The quantitative estimate of drug-likeness (QED) is 0.439. The van der Waals surface area contributed by atoms with Gasteiger partial charge in [0.15, 0.2) is 6.29 Å². The predicted molar refractivity (Wildman–Crippen MR) is 65.7 cm³/mol. The van der Waals surface area contributed by atoms with Gasteiger partial charge in [-0.25, -0.2) is 4.79 Å². The van der Waals surface area contributed by atoms with Crippen molar-refractivity contribution < 1.29 is 19.0 Å². The lowest BCUT2D eigenvalue weighted by Gasteiger charge is -1.99. The fourth-order valence-corrected chi connectivity index (χ4v) is 1.50. The van der Waals surface area contributed by atoms with Crippen molar-refractivity contribution in [2.45, 2.75) is 25.9 Å². The number of hydrogen-bond acceptors (Lipinski definition) is 4. The molecule has 2 rings (SSSR count). The van der Waals surface area contributed by atoms with Gasteiger partial charge < -0.3 is 14.2 Å². The molecular formula is C14H16O4. The Hall–Kier alpha value is -1.65. The lowest BCUT2D eigenvalue weighted by Crippen LogP contribution is -2.02. The van der Waals surface area contributed by atoms with Crippen molar-refractivity contribution in [1.82, 2.24) is 0 Å². The Bertz CT molecular complexity index is 413. The minimum atomic E-state index is -0.352. The number of epoxide rings is 1. The highest BCUT2D eigenvalue weighted by molar-refractivity contribution is 5.82. The highest BCUT2D eigenvalue weighted by Crippen LogP contribution is 2.25. The second kappa shape index (κ2) is 6.33. The van der Waals surface area contributed by atoms with Crippen molar-refractivity contribution in [2.75, 3.05) is 6.61 Å². The first kappa shape index (κ1) is 12.8. The van der Waals surface area contributed by atoms with Gasteiger partial charge in [-0.15, -0.1) is 0 Å². The van der Waals surface area contributed by atoms with E-state index in [-0.39, 0.29) is 18.4 Å². The van der Waals surface area contributed by atoms with Crippen LogP contribution in [0, 0.1) is 0 Å². The third-order valence-electron chi connectivity index (χ3n) is 2.45. The summed E-state index contributed by atoms with van der Waals surface area (Å²) in [4.78, 5) is 11.1. The van der Waals surface area contributed by atoms with Crippen molar-refractivity contribution in [2.24, 2.45) is 0 Å². The Morgan fingerprint density at radius 3 is 2.89 bits per heavy atom. The minimum Gasteiger partial charge on any atom is -0.463 e. The maximum absolute atomic E-state index is 11.1. The Balaban J connectivity index is 1.68. The predicted octanol–water partition coefficient (Wildman–Crippen LogP) is 2.05. The van der Waals surface area contributed by atoms with Crippen molar-refractivity contribution in [3.05, 3.63) is 48.0 Å². The van der Waals surface area contributed by atoms with E-state index in [0.29, 0.717) is 13.2 Å². The molecule has 0 aromatic heterocycles. The van der Waals surface area contributed by atoms with Crippen LogP contribution in [0.15, 0.2) is 42.5 Å². The Morgan fingerprint density at radius 2 is 2.17 bits per heavy atom. The summed E-state index contributed by atoms with van der Waals surface area (Å²) >= 11 is 0. The minimum absolute atomic E-state index is 0.141. The number of carbonyl (C=O) groups is 1. The number of hydrogen-bond donors (Lipinski definition) is 0. The van der Waals surface area contributed by atoms with Crippen LogP contribution in [0.4, 0.5) is 0 Å². The first-order valence-electron chi connectivity index (χ1n) is 5.95. The van der Waals surface area contributed by atoms with E-state index in [4.69, 9.17) is 14.2 Å². The zero-order valence-corrected chi connectivity index (χ0v) is 10.2. The van der Waals surface area contributed by atoms with Gasteiger partial charge in [-0.2, -0.15) is 0 Å². The van der Waals surface area contributed by atoms with Gasteiger partial charge in [-0.05, 0) is 18.6 Å². The molecule has 0 radical (unpaired) electrons. The highest BCUT2D eigenvalue weighted by atomic mass is 16.8. The topological polar surface area (TPSA) is 48.1 Å². The molecule has 0 aliphatic carbocycles. The SMILES string of the molecule is CCOC(=O)/C=C/C1OC1OCc1ccccc1. The second-order valence-corrected chi connectivity index (χ2v) is 3.88. The summed E-state index contributed by atoms with van der Waals surface area (Å²) in [5.74, 6) is -0.352. The normalized spacial score (nSPS) is 22.1. The number of carbonyl (C=O) groups excluding carboxylic acids is 1. The molecule has 1 saturated heterocycles. The molecule has 1 aromatic carbocycles. The van der Waals surface area contributed by atoms with Crippen molar-refractivity contribution >= 4 is 5.97 Å². The molecule has 1 aromatic rings. The van der Waals surface area contributed by atoms with E-state index in [9.17, 15) is 4.79 Å². The highest BCUT2D eigenvalue weighted by Gasteiger charge is 2.37. The summed E-state index contributed by atoms with van der Waals surface area (Å²) in [5, 5.41) is 0. The molecule has 0 bridgehead atoms. The first-order valence-corrected chi connectivity index (χ1v) is 5.95. The fourth-order valence-electron chi connectivity index (χ4n) is 1.50. The largest absolute Gasteiger partial charge is 0.463 e. The van der Waals surface area contributed by atoms with Crippen molar-refractivity contribution in [3.8, 4) is 0 Å². The molecule has 0 saturated carbocycles. The molecule has 1 heterocycles. The monoisotopic (exact) mass is 248 g/mol. The molecule has 0 N–H and O–H groups in total. The molecule has 2 unspecified atom stereocenters. The molecule has 1 fully saturated rings. The van der Waals surface area contributed by atoms with Crippen LogP contribution in [0.5, 0.6) is 0 Å². The van der Waals surface area contributed by atoms with Gasteiger partial charge in [0, 0.05) is 6.08 Å². The van der Waals surface area contributed by atoms with E-state index in [1.54, 1.807) is 13.0 Å². The molecule has 0 amide bonds. The third kappa shape index (κ3) is 3.98. The summed E-state index contributed by atoms with van der Waals surface area (Å²) in [6.07, 6.45) is 2.64. The lowest BCUT2D eigenvalue weighted by atomic mass is 10.2. The van der Waals surface area contributed by atoms with Crippen LogP contribution in [0.2, 0.25) is 0 Å². The van der Waals surface area contributed by atoms with E-state index < -0.39 is 0 Å². The van der Waals surface area contributed by atoms with E-state index in [1.165, 1.54) is 6.08 Å². The van der Waals surface area contributed by atoms with E-state index in [0.717, 1.165) is 5.56 Å². The third-order valence-corrected chi connectivity index (χ3v) is 2.45. The van der Waals surface area contributed by atoms with Crippen molar-refractivity contribution in [3.63, 3.8) is 0 Å². The zero-order chi connectivity index (χ0) is 12.8. The van der Waals surface area contributed by atoms with Gasteiger partial charge in [0.1, 0.15) is 6.10 Å². The van der Waals surface area contributed by atoms with Gasteiger partial charge in [0.05, 0.1) is 13.2 Å². The molecule has 1 aliphatic heterocycles. The van der Waals surface area contributed by atoms with Gasteiger partial charge in [0.2, 0.25) is 0 Å². The maximum atomic E-state index is 11.1. The Kier molecular flexibility index (Phi) is 4.50. The Labute approximate surface area is 106 Å². The van der Waals surface area contributed by atoms with Crippen LogP contribution in [0.3, 0.4) is 0 Å². The standard InChI is InChI=1S/C14H16O4/c1-2-16-13(15)9-8-12-14(18-12)17-10-11-6-4-3-5-7-11/h3-9,12,14H,2,10H2,1H3/b9-8+. The van der Waals surface area contributed by atoms with Gasteiger partial charge in [-0.1, -0.05) is 30.3 Å². The first-order chi connectivity index (χ1) is 8.79. The van der Waals surface area contributed by atoms with Gasteiger partial charge in [-0.3, -0.25) is 0 Å². The lowest BCUT2D eigenvalue weighted by molar-refractivity contribution is -0.137. The van der Waals surface area contributed by atoms with Gasteiger partial charge in [0.25, 0.3) is 0 Å². The second-order valence-electron chi connectivity index (χ2n) is 3.88. The summed E-state index contributed by atoms with van der Waals surface area (Å²) in [5.41, 5.74) is 1.10. The molecule has 96 valence electrons. The fraction of sp³-hybridized carbons (Fsp3) is 0.357. The zero-order valence-electron chi connectivity index (χ0n) is 10.2. The summed E-state index contributed by atoms with van der Waals surface area (Å²) < 4.78 is 15.5. The van der Waals surface area contributed by atoms with E-state index in [2.05, 4.69) is 0 Å². The summed E-state index contributed by atoms with van der Waals surface area (Å²) in [7, 11) is 0. The maximum Gasteiger partial charge on any atom is 0.330 e.